The normalized spacial score (nSPS) is 10.2. The topological polar surface area (TPSA) is 116 Å². The van der Waals surface area contributed by atoms with E-state index >= 15 is 0 Å². The van der Waals surface area contributed by atoms with E-state index in [-0.39, 0.29) is 23.3 Å². The number of hydrazine groups is 1. The van der Waals surface area contributed by atoms with Gasteiger partial charge in [0.15, 0.2) is 0 Å². The van der Waals surface area contributed by atoms with Crippen LogP contribution in [-0.4, -0.2) is 14.9 Å². The molecule has 0 bridgehead atoms. The van der Waals surface area contributed by atoms with Gasteiger partial charge in [-0.1, -0.05) is 6.07 Å². The van der Waals surface area contributed by atoms with Gasteiger partial charge in [0.2, 0.25) is 17.6 Å². The van der Waals surface area contributed by atoms with Gasteiger partial charge in [-0.2, -0.15) is 4.98 Å². The molecule has 0 fully saturated rings. The molecule has 2 rings (SSSR count). The van der Waals surface area contributed by atoms with Crippen LogP contribution in [0.2, 0.25) is 0 Å². The van der Waals surface area contributed by atoms with Crippen LogP contribution in [0.1, 0.15) is 11.3 Å². The Labute approximate surface area is 114 Å². The third-order valence-electron chi connectivity index (χ3n) is 2.49. The predicted molar refractivity (Wildman–Crippen MR) is 72.5 cm³/mol. The summed E-state index contributed by atoms with van der Waals surface area (Å²) in [5, 5.41) is 11.0. The summed E-state index contributed by atoms with van der Waals surface area (Å²) in [6.45, 7) is 3.50. The predicted octanol–water partition coefficient (Wildman–Crippen LogP) is 2.08. The largest absolute Gasteiger partial charge is 0.432 e. The van der Waals surface area contributed by atoms with Gasteiger partial charge in [0, 0.05) is 17.8 Å². The number of anilines is 1. The first kappa shape index (κ1) is 13.7. The lowest BCUT2D eigenvalue weighted by Gasteiger charge is -2.08. The van der Waals surface area contributed by atoms with Crippen LogP contribution in [0.5, 0.6) is 11.6 Å². The van der Waals surface area contributed by atoms with Gasteiger partial charge in [0.05, 0.1) is 4.92 Å². The fraction of sp³-hybridized carbons (Fsp3) is 0.167. The van der Waals surface area contributed by atoms with Crippen molar-refractivity contribution in [2.75, 3.05) is 5.43 Å². The van der Waals surface area contributed by atoms with E-state index in [1.165, 1.54) is 12.1 Å². The van der Waals surface area contributed by atoms with Crippen LogP contribution in [0.15, 0.2) is 24.3 Å². The van der Waals surface area contributed by atoms with Crippen molar-refractivity contribution >= 4 is 11.6 Å². The first-order chi connectivity index (χ1) is 9.49. The second-order valence-electron chi connectivity index (χ2n) is 4.15. The number of ether oxygens (including phenoxy) is 1. The van der Waals surface area contributed by atoms with E-state index < -0.39 is 4.92 Å². The minimum absolute atomic E-state index is 0.113. The number of aromatic nitrogens is 2. The van der Waals surface area contributed by atoms with Crippen LogP contribution in [0, 0.1) is 24.0 Å². The molecule has 20 heavy (non-hydrogen) atoms. The minimum Gasteiger partial charge on any atom is -0.432 e. The van der Waals surface area contributed by atoms with E-state index in [4.69, 9.17) is 10.6 Å². The Hall–Kier alpha value is -2.74. The van der Waals surface area contributed by atoms with Crippen molar-refractivity contribution < 1.29 is 9.66 Å². The van der Waals surface area contributed by atoms with Gasteiger partial charge in [0.25, 0.3) is 0 Å². The molecule has 3 N–H and O–H groups in total. The number of nitrogens with one attached hydrogen (secondary N) is 1. The number of nitro groups is 1. The summed E-state index contributed by atoms with van der Waals surface area (Å²) in [6, 6.07) is 6.24. The van der Waals surface area contributed by atoms with Gasteiger partial charge in [-0.05, 0) is 25.5 Å². The highest BCUT2D eigenvalue weighted by molar-refractivity contribution is 5.50. The lowest BCUT2D eigenvalue weighted by atomic mass is 10.2. The average molecular weight is 275 g/mol. The van der Waals surface area contributed by atoms with Crippen LogP contribution in [-0.2, 0) is 0 Å². The van der Waals surface area contributed by atoms with Crippen molar-refractivity contribution in [2.45, 2.75) is 13.8 Å². The van der Waals surface area contributed by atoms with Crippen molar-refractivity contribution in [3.05, 3.63) is 45.6 Å². The van der Waals surface area contributed by atoms with E-state index in [1.54, 1.807) is 26.0 Å². The summed E-state index contributed by atoms with van der Waals surface area (Å²) >= 11 is 0. The molecule has 1 aromatic carbocycles. The van der Waals surface area contributed by atoms with Gasteiger partial charge in [-0.15, -0.1) is 0 Å². The Morgan fingerprint density at radius 2 is 2.05 bits per heavy atom. The molecule has 1 aromatic heterocycles. The summed E-state index contributed by atoms with van der Waals surface area (Å²) in [6.07, 6.45) is 0. The first-order valence-corrected chi connectivity index (χ1v) is 5.75. The number of hydrogen-bond donors (Lipinski definition) is 2. The van der Waals surface area contributed by atoms with Gasteiger partial charge in [-0.25, -0.2) is 10.8 Å². The third kappa shape index (κ3) is 2.98. The number of nitrogens with zero attached hydrogens (tertiary/aromatic N) is 3. The fourth-order valence-corrected chi connectivity index (χ4v) is 1.63. The Morgan fingerprint density at radius 3 is 2.70 bits per heavy atom. The molecule has 8 heteroatoms. The highest BCUT2D eigenvalue weighted by Crippen LogP contribution is 2.31. The molecule has 8 nitrogen and oxygen atoms in total. The molecule has 0 atom stereocenters. The van der Waals surface area contributed by atoms with E-state index in [9.17, 15) is 10.1 Å². The molecule has 0 aliphatic carbocycles. The van der Waals surface area contributed by atoms with Gasteiger partial charge in [0.1, 0.15) is 0 Å². The lowest BCUT2D eigenvalue weighted by molar-refractivity contribution is -0.385. The smallest absolute Gasteiger partial charge is 0.311 e. The van der Waals surface area contributed by atoms with Crippen molar-refractivity contribution in [3.8, 4) is 11.6 Å². The van der Waals surface area contributed by atoms with Crippen LogP contribution >= 0.6 is 0 Å². The summed E-state index contributed by atoms with van der Waals surface area (Å²) in [5.41, 5.74) is 3.58. The summed E-state index contributed by atoms with van der Waals surface area (Å²) in [4.78, 5) is 18.5. The summed E-state index contributed by atoms with van der Waals surface area (Å²) < 4.78 is 5.46. The molecule has 0 unspecified atom stereocenters. The molecule has 0 aliphatic heterocycles. The maximum absolute atomic E-state index is 11.0. The standard InChI is InChI=1S/C12H13N5O3/c1-7-3-4-10(9(5-7)17(18)19)20-11-6-8(2)14-12(15-11)16-13/h3-6H,13H2,1-2H3,(H,14,15,16). The van der Waals surface area contributed by atoms with Crippen LogP contribution < -0.4 is 16.0 Å². The monoisotopic (exact) mass is 275 g/mol. The lowest BCUT2D eigenvalue weighted by Crippen LogP contribution is -2.11. The molecular weight excluding hydrogens is 262 g/mol. The molecule has 0 saturated carbocycles. The second-order valence-corrected chi connectivity index (χ2v) is 4.15. The molecule has 0 saturated heterocycles. The first-order valence-electron chi connectivity index (χ1n) is 5.75. The Balaban J connectivity index is 2.39. The zero-order valence-electron chi connectivity index (χ0n) is 11.0. The SMILES string of the molecule is Cc1ccc(Oc2cc(C)nc(NN)n2)c([N+](=O)[O-])c1. The fourth-order valence-electron chi connectivity index (χ4n) is 1.63. The maximum atomic E-state index is 11.0. The number of nitrogens with two attached hydrogens (primary N) is 1. The zero-order valence-corrected chi connectivity index (χ0v) is 11.0. The highest BCUT2D eigenvalue weighted by atomic mass is 16.6. The molecule has 1 heterocycles. The Bertz CT molecular complexity index is 660. The minimum atomic E-state index is -0.502. The van der Waals surface area contributed by atoms with E-state index in [2.05, 4.69) is 15.4 Å². The number of nitrogen functional groups attached to an aromatic ring is 1. The Kier molecular flexibility index (Phi) is 3.76. The molecule has 0 aliphatic rings. The molecule has 0 radical (unpaired) electrons. The van der Waals surface area contributed by atoms with Crippen LogP contribution in [0.3, 0.4) is 0 Å². The van der Waals surface area contributed by atoms with Crippen molar-refractivity contribution in [3.63, 3.8) is 0 Å². The van der Waals surface area contributed by atoms with Crippen molar-refractivity contribution in [1.29, 1.82) is 0 Å². The van der Waals surface area contributed by atoms with E-state index in [1.807, 2.05) is 0 Å². The molecule has 104 valence electrons. The van der Waals surface area contributed by atoms with Gasteiger partial charge >= 0.3 is 5.69 Å². The highest BCUT2D eigenvalue weighted by Gasteiger charge is 2.16. The zero-order chi connectivity index (χ0) is 14.7. The number of aryl methyl sites for hydroxylation is 2. The number of rotatable bonds is 4. The molecule has 2 aromatic rings. The molecular formula is C12H13N5O3. The van der Waals surface area contributed by atoms with Gasteiger partial charge < -0.3 is 4.74 Å². The number of hydrogen-bond acceptors (Lipinski definition) is 7. The van der Waals surface area contributed by atoms with E-state index in [0.29, 0.717) is 5.69 Å². The maximum Gasteiger partial charge on any atom is 0.311 e. The molecule has 0 spiro atoms. The van der Waals surface area contributed by atoms with Crippen LogP contribution in [0.4, 0.5) is 11.6 Å². The summed E-state index contributed by atoms with van der Waals surface area (Å²) in [5.74, 6) is 5.71. The van der Waals surface area contributed by atoms with Gasteiger partial charge in [-0.3, -0.25) is 15.5 Å². The van der Waals surface area contributed by atoms with E-state index in [0.717, 1.165) is 5.56 Å². The summed E-state index contributed by atoms with van der Waals surface area (Å²) in [7, 11) is 0. The third-order valence-corrected chi connectivity index (χ3v) is 2.49. The second kappa shape index (κ2) is 5.49. The van der Waals surface area contributed by atoms with Crippen molar-refractivity contribution in [2.24, 2.45) is 5.84 Å². The Morgan fingerprint density at radius 1 is 1.30 bits per heavy atom. The number of nitro benzene ring substituents is 1. The van der Waals surface area contributed by atoms with Crippen LogP contribution in [0.25, 0.3) is 0 Å². The van der Waals surface area contributed by atoms with Crippen molar-refractivity contribution in [1.82, 2.24) is 9.97 Å². The molecule has 0 amide bonds. The average Bonchev–Trinajstić information content (AvgIpc) is 2.40. The number of benzene rings is 1. The quantitative estimate of drug-likeness (QED) is 0.498.